The first-order valence-electron chi connectivity index (χ1n) is 11.9. The second kappa shape index (κ2) is 8.15. The van der Waals surface area contributed by atoms with Gasteiger partial charge in [-0.05, 0) is 47.8 Å². The summed E-state index contributed by atoms with van der Waals surface area (Å²) in [5, 5.41) is 10.2. The molecule has 0 spiro atoms. The maximum Gasteiger partial charge on any atom is 0.362 e. The predicted octanol–water partition coefficient (Wildman–Crippen LogP) is 6.78. The van der Waals surface area contributed by atoms with Crippen molar-refractivity contribution in [1.29, 1.82) is 0 Å². The first kappa shape index (κ1) is 21.5. The van der Waals surface area contributed by atoms with Crippen molar-refractivity contribution in [2.24, 2.45) is 4.99 Å². The van der Waals surface area contributed by atoms with Crippen molar-refractivity contribution in [3.05, 3.63) is 100 Å². The van der Waals surface area contributed by atoms with Gasteiger partial charge in [-0.2, -0.15) is 0 Å². The molecule has 4 aromatic carbocycles. The van der Waals surface area contributed by atoms with Crippen molar-refractivity contribution in [2.75, 3.05) is 5.32 Å². The van der Waals surface area contributed by atoms with Gasteiger partial charge in [0.25, 0.3) is 0 Å². The summed E-state index contributed by atoms with van der Waals surface area (Å²) < 4.78 is 0. The van der Waals surface area contributed by atoms with Crippen molar-refractivity contribution < 1.29 is 4.99 Å². The van der Waals surface area contributed by atoms with Crippen molar-refractivity contribution >= 4 is 78.1 Å². The van der Waals surface area contributed by atoms with E-state index in [2.05, 4.69) is 115 Å². The van der Waals surface area contributed by atoms with E-state index in [9.17, 15) is 0 Å². The summed E-state index contributed by atoms with van der Waals surface area (Å²) in [6.45, 7) is 4.45. The number of anilines is 2. The zero-order valence-corrected chi connectivity index (χ0v) is 21.5. The average molecular weight is 504 g/mol. The second-order valence-corrected chi connectivity index (χ2v) is 11.6. The van der Waals surface area contributed by atoms with Crippen LogP contribution < -0.4 is 10.3 Å². The molecule has 1 aliphatic heterocycles. The van der Waals surface area contributed by atoms with Gasteiger partial charge in [-0.1, -0.05) is 84.1 Å². The third-order valence-corrected chi connectivity index (χ3v) is 8.65. The summed E-state index contributed by atoms with van der Waals surface area (Å²) in [4.78, 5) is 16.1. The van der Waals surface area contributed by atoms with Crippen LogP contribution in [0.1, 0.15) is 24.4 Å². The van der Waals surface area contributed by atoms with Crippen LogP contribution in [-0.4, -0.2) is 15.9 Å². The topological polar surface area (TPSA) is 51.2 Å². The molecule has 0 saturated carbocycles. The van der Waals surface area contributed by atoms with Crippen LogP contribution in [0.5, 0.6) is 0 Å². The summed E-state index contributed by atoms with van der Waals surface area (Å²) in [5.41, 5.74) is 4.01. The molecule has 6 heteroatoms. The fourth-order valence-electron chi connectivity index (χ4n) is 4.99. The van der Waals surface area contributed by atoms with E-state index < -0.39 is 0 Å². The van der Waals surface area contributed by atoms with Crippen LogP contribution in [0.25, 0.3) is 27.6 Å². The number of thiazole rings is 1. The van der Waals surface area contributed by atoms with Crippen molar-refractivity contribution in [1.82, 2.24) is 4.98 Å². The van der Waals surface area contributed by atoms with E-state index in [4.69, 9.17) is 9.98 Å². The smallest absolute Gasteiger partial charge is 0.331 e. The van der Waals surface area contributed by atoms with Crippen molar-refractivity contribution in [3.63, 3.8) is 0 Å². The van der Waals surface area contributed by atoms with Gasteiger partial charge in [0.15, 0.2) is 10.8 Å². The van der Waals surface area contributed by atoms with Crippen LogP contribution >= 0.6 is 23.1 Å². The molecule has 0 atom stereocenters. The molecule has 0 amide bonds. The fourth-order valence-corrected chi connectivity index (χ4v) is 7.23. The number of fused-ring (bicyclic) bond motifs is 4. The van der Waals surface area contributed by atoms with Gasteiger partial charge in [0.2, 0.25) is 0 Å². The van der Waals surface area contributed by atoms with Crippen LogP contribution in [0.2, 0.25) is 0 Å². The molecule has 36 heavy (non-hydrogen) atoms. The predicted molar refractivity (Wildman–Crippen MR) is 155 cm³/mol. The van der Waals surface area contributed by atoms with E-state index in [1.807, 2.05) is 0 Å². The Balaban J connectivity index is 1.24. The third-order valence-electron chi connectivity index (χ3n) is 6.82. The Morgan fingerprint density at radius 2 is 1.50 bits per heavy atom. The lowest BCUT2D eigenvalue weighted by molar-refractivity contribution is -0.348. The number of aliphatic imine (C=N–C) groups is 1. The lowest BCUT2D eigenvalue weighted by atomic mass is 9.80. The zero-order valence-electron chi connectivity index (χ0n) is 19.9. The summed E-state index contributed by atoms with van der Waals surface area (Å²) in [7, 11) is 0. The minimum Gasteiger partial charge on any atom is -0.331 e. The van der Waals surface area contributed by atoms with E-state index in [0.29, 0.717) is 0 Å². The summed E-state index contributed by atoms with van der Waals surface area (Å²) in [6.07, 6.45) is 2.24. The molecule has 0 unspecified atom stereocenters. The van der Waals surface area contributed by atoms with Crippen LogP contribution in [0.15, 0.2) is 94.8 Å². The van der Waals surface area contributed by atoms with Gasteiger partial charge in [-0.25, -0.2) is 9.98 Å². The maximum absolute atomic E-state index is 5.06. The quantitative estimate of drug-likeness (QED) is 0.285. The Bertz CT molecular complexity index is 1760. The van der Waals surface area contributed by atoms with Crippen LogP contribution in [0, 0.1) is 0 Å². The molecule has 0 bridgehead atoms. The van der Waals surface area contributed by atoms with Gasteiger partial charge in [0, 0.05) is 28.2 Å². The van der Waals surface area contributed by atoms with Crippen LogP contribution in [0.4, 0.5) is 16.5 Å². The minimum atomic E-state index is -0.288. The largest absolute Gasteiger partial charge is 0.362 e. The van der Waals surface area contributed by atoms with Crippen molar-refractivity contribution in [2.45, 2.75) is 19.3 Å². The molecule has 2 aliphatic rings. The highest BCUT2D eigenvalue weighted by Crippen LogP contribution is 2.46. The van der Waals surface area contributed by atoms with E-state index in [1.165, 1.54) is 31.3 Å². The highest BCUT2D eigenvalue weighted by molar-refractivity contribution is 8.18. The molecule has 0 radical (unpaired) electrons. The fraction of sp³-hybridized carbons (Fsp3) is 0.100. The summed E-state index contributed by atoms with van der Waals surface area (Å²) in [5.74, 6) is 0. The number of allylic oxidation sites excluding steroid dienone is 1. The third kappa shape index (κ3) is 3.48. The molecule has 0 fully saturated rings. The first-order chi connectivity index (χ1) is 17.6. The molecule has 1 aliphatic carbocycles. The second-order valence-electron chi connectivity index (χ2n) is 9.54. The number of benzene rings is 4. The minimum absolute atomic E-state index is 0.288. The highest BCUT2D eigenvalue weighted by atomic mass is 32.2. The molecular formula is C30H23N4S2+. The Morgan fingerprint density at radius 1 is 0.806 bits per heavy atom. The number of nitrogens with one attached hydrogen (secondary N) is 2. The highest BCUT2D eigenvalue weighted by Gasteiger charge is 2.46. The van der Waals surface area contributed by atoms with Crippen LogP contribution in [0.3, 0.4) is 0 Å². The van der Waals surface area contributed by atoms with E-state index >= 15 is 0 Å². The summed E-state index contributed by atoms with van der Waals surface area (Å²) >= 11 is 3.40. The Kier molecular flexibility index (Phi) is 4.88. The maximum atomic E-state index is 5.06. The molecular weight excluding hydrogens is 480 g/mol. The zero-order chi connectivity index (χ0) is 24.3. The Morgan fingerprint density at radius 3 is 2.33 bits per heavy atom. The first-order valence-corrected chi connectivity index (χ1v) is 13.6. The number of hydrogen-bond donors (Lipinski definition) is 2. The molecule has 7 rings (SSSR count). The average Bonchev–Trinajstić information content (AvgIpc) is 3.49. The monoisotopic (exact) mass is 503 g/mol. The summed E-state index contributed by atoms with van der Waals surface area (Å²) in [6, 6.07) is 29.5. The molecule has 174 valence electrons. The Labute approximate surface area is 217 Å². The molecule has 2 heterocycles. The SMILES string of the molecule is CC1(C)C2=NC(=[NH+]c3cccc4ccccc34)SC2=Cc2sc(Nc3cccc4ccccc34)nc21. The van der Waals surface area contributed by atoms with E-state index in [0.717, 1.165) is 33.1 Å². The van der Waals surface area contributed by atoms with Gasteiger partial charge in [-0.15, -0.1) is 0 Å². The molecule has 1 aromatic heterocycles. The number of thioether (sulfide) groups is 1. The number of hydrogen-bond acceptors (Lipinski definition) is 4. The number of amidine groups is 1. The normalized spacial score (nSPS) is 17.1. The molecule has 2 N–H and O–H groups in total. The van der Waals surface area contributed by atoms with Crippen LogP contribution in [-0.2, 0) is 5.41 Å². The number of aromatic nitrogens is 1. The lowest BCUT2D eigenvalue weighted by Gasteiger charge is -2.24. The van der Waals surface area contributed by atoms with Gasteiger partial charge < -0.3 is 5.32 Å². The van der Waals surface area contributed by atoms with Gasteiger partial charge in [0.1, 0.15) is 5.69 Å². The van der Waals surface area contributed by atoms with Gasteiger partial charge in [-0.3, -0.25) is 0 Å². The van der Waals surface area contributed by atoms with E-state index in [1.54, 1.807) is 23.1 Å². The van der Waals surface area contributed by atoms with E-state index in [-0.39, 0.29) is 5.41 Å². The lowest BCUT2D eigenvalue weighted by Crippen LogP contribution is -2.64. The van der Waals surface area contributed by atoms with Gasteiger partial charge in [0.05, 0.1) is 20.9 Å². The van der Waals surface area contributed by atoms with Crippen molar-refractivity contribution in [3.8, 4) is 0 Å². The Hall–Kier alpha value is -3.74. The number of nitrogens with zero attached hydrogens (tertiary/aromatic N) is 2. The molecule has 5 aromatic rings. The standard InChI is InChI=1S/C30H22N4S2/c1-30(2)26-24(35-28(33-26)31-22-15-7-11-18-9-3-5-13-20(18)22)17-25-27(30)34-29(36-25)32-23-16-8-12-19-10-4-6-14-21(19)23/h3-17H,1-2H3,(H,31,33)/p+1. The molecule has 4 nitrogen and oxygen atoms in total. The van der Waals surface area contributed by atoms with Gasteiger partial charge >= 0.3 is 5.17 Å². The number of rotatable bonds is 3. The molecule has 0 saturated heterocycles.